The predicted molar refractivity (Wildman–Crippen MR) is 67.4 cm³/mol. The first-order valence-corrected chi connectivity index (χ1v) is 6.22. The topological polar surface area (TPSA) is 51.0 Å². The minimum Gasteiger partial charge on any atom is -0.347 e. The number of hydrogen-bond acceptors (Lipinski definition) is 4. The average Bonchev–Trinajstić information content (AvgIpc) is 2.33. The van der Waals surface area contributed by atoms with Crippen LogP contribution in [0.25, 0.3) is 0 Å². The molecule has 1 aliphatic carbocycles. The lowest BCUT2D eigenvalue weighted by Crippen LogP contribution is -2.31. The van der Waals surface area contributed by atoms with Crippen molar-refractivity contribution in [3.05, 3.63) is 16.0 Å². The fourth-order valence-corrected chi connectivity index (χ4v) is 2.49. The summed E-state index contributed by atoms with van der Waals surface area (Å²) in [6.07, 6.45) is 5.83. The van der Waals surface area contributed by atoms with Crippen LogP contribution in [0.2, 0.25) is 0 Å². The lowest BCUT2D eigenvalue weighted by molar-refractivity contribution is 0.427. The van der Waals surface area contributed by atoms with Crippen molar-refractivity contribution in [2.75, 3.05) is 19.0 Å². The van der Waals surface area contributed by atoms with Crippen LogP contribution >= 0.6 is 0 Å². The normalized spacial score (nSPS) is 17.1. The Kier molecular flexibility index (Phi) is 3.45. The molecule has 1 fully saturated rings. The highest BCUT2D eigenvalue weighted by atomic mass is 16.1. The molecule has 1 saturated carbocycles. The second kappa shape index (κ2) is 4.85. The second-order valence-electron chi connectivity index (χ2n) is 4.98. The van der Waals surface area contributed by atoms with Crippen LogP contribution in [0.5, 0.6) is 0 Å². The van der Waals surface area contributed by atoms with Crippen LogP contribution in [-0.2, 0) is 7.05 Å². The van der Waals surface area contributed by atoms with Crippen LogP contribution in [-0.4, -0.2) is 28.9 Å². The first-order valence-electron chi connectivity index (χ1n) is 6.22. The molecule has 1 aromatic rings. The Labute approximate surface area is 101 Å². The molecular weight excluding hydrogens is 216 g/mol. The van der Waals surface area contributed by atoms with Crippen molar-refractivity contribution in [3.8, 4) is 0 Å². The van der Waals surface area contributed by atoms with E-state index in [0.717, 1.165) is 12.8 Å². The maximum atomic E-state index is 12.2. The zero-order valence-electron chi connectivity index (χ0n) is 10.8. The van der Waals surface area contributed by atoms with Gasteiger partial charge in [0.2, 0.25) is 5.95 Å². The Hall–Kier alpha value is -1.39. The standard InChI is InChI=1S/C12H20N4O/c1-15(2)12-14-13-10(11(17)16(12)3)9-7-5-4-6-8-9/h9H,4-8H2,1-3H3. The third-order valence-corrected chi connectivity index (χ3v) is 3.46. The summed E-state index contributed by atoms with van der Waals surface area (Å²) in [6, 6.07) is 0. The maximum Gasteiger partial charge on any atom is 0.276 e. The molecule has 0 aromatic carbocycles. The quantitative estimate of drug-likeness (QED) is 0.776. The van der Waals surface area contributed by atoms with Crippen molar-refractivity contribution >= 4 is 5.95 Å². The third kappa shape index (κ3) is 2.33. The lowest BCUT2D eigenvalue weighted by Gasteiger charge is -2.21. The van der Waals surface area contributed by atoms with Gasteiger partial charge in [-0.05, 0) is 12.8 Å². The zero-order valence-corrected chi connectivity index (χ0v) is 10.8. The summed E-state index contributed by atoms with van der Waals surface area (Å²) in [5, 5.41) is 8.31. The molecule has 0 saturated heterocycles. The number of rotatable bonds is 2. The Morgan fingerprint density at radius 2 is 1.82 bits per heavy atom. The highest BCUT2D eigenvalue weighted by molar-refractivity contribution is 5.26. The molecule has 5 nitrogen and oxygen atoms in total. The van der Waals surface area contributed by atoms with E-state index < -0.39 is 0 Å². The second-order valence-corrected chi connectivity index (χ2v) is 4.98. The fraction of sp³-hybridized carbons (Fsp3) is 0.750. The van der Waals surface area contributed by atoms with Gasteiger partial charge in [-0.2, -0.15) is 0 Å². The first-order chi connectivity index (χ1) is 8.11. The largest absolute Gasteiger partial charge is 0.347 e. The summed E-state index contributed by atoms with van der Waals surface area (Å²) in [7, 11) is 5.49. The third-order valence-electron chi connectivity index (χ3n) is 3.46. The smallest absolute Gasteiger partial charge is 0.276 e. The molecule has 5 heteroatoms. The average molecular weight is 236 g/mol. The van der Waals surface area contributed by atoms with E-state index in [4.69, 9.17) is 0 Å². The number of hydrogen-bond donors (Lipinski definition) is 0. The molecule has 0 unspecified atom stereocenters. The molecule has 0 aliphatic heterocycles. The Bertz CT molecular complexity index is 446. The maximum absolute atomic E-state index is 12.2. The summed E-state index contributed by atoms with van der Waals surface area (Å²) in [5.41, 5.74) is 0.661. The van der Waals surface area contributed by atoms with Crippen molar-refractivity contribution in [1.29, 1.82) is 0 Å². The van der Waals surface area contributed by atoms with Gasteiger partial charge in [0.1, 0.15) is 5.69 Å². The molecule has 2 rings (SSSR count). The molecule has 94 valence electrons. The van der Waals surface area contributed by atoms with E-state index in [0.29, 0.717) is 17.6 Å². The number of aromatic nitrogens is 3. The molecule has 0 radical (unpaired) electrons. The predicted octanol–water partition coefficient (Wildman–Crippen LogP) is 1.29. The molecule has 0 spiro atoms. The van der Waals surface area contributed by atoms with Crippen LogP contribution < -0.4 is 10.5 Å². The van der Waals surface area contributed by atoms with Crippen LogP contribution in [0.1, 0.15) is 43.7 Å². The van der Waals surface area contributed by atoms with Crippen LogP contribution in [0, 0.1) is 0 Å². The SMILES string of the molecule is CN(C)c1nnc(C2CCCCC2)c(=O)n1C. The first kappa shape index (κ1) is 12.1. The van der Waals surface area contributed by atoms with E-state index in [-0.39, 0.29) is 5.56 Å². The van der Waals surface area contributed by atoms with Gasteiger partial charge in [-0.15, -0.1) is 10.2 Å². The Morgan fingerprint density at radius 3 is 2.41 bits per heavy atom. The van der Waals surface area contributed by atoms with E-state index in [1.807, 2.05) is 14.1 Å². The number of anilines is 1. The van der Waals surface area contributed by atoms with Crippen molar-refractivity contribution in [2.45, 2.75) is 38.0 Å². The molecule has 1 heterocycles. The molecule has 17 heavy (non-hydrogen) atoms. The summed E-state index contributed by atoms with van der Waals surface area (Å²) in [6.45, 7) is 0. The minimum atomic E-state index is 0.00981. The van der Waals surface area contributed by atoms with Crippen molar-refractivity contribution in [2.24, 2.45) is 7.05 Å². The van der Waals surface area contributed by atoms with Gasteiger partial charge in [0, 0.05) is 27.1 Å². The van der Waals surface area contributed by atoms with Gasteiger partial charge in [0.15, 0.2) is 0 Å². The minimum absolute atomic E-state index is 0.00981. The van der Waals surface area contributed by atoms with Crippen LogP contribution in [0.4, 0.5) is 5.95 Å². The molecular formula is C12H20N4O. The highest BCUT2D eigenvalue weighted by Crippen LogP contribution is 2.29. The van der Waals surface area contributed by atoms with Gasteiger partial charge in [-0.1, -0.05) is 19.3 Å². The van der Waals surface area contributed by atoms with E-state index >= 15 is 0 Å². The summed E-state index contributed by atoms with van der Waals surface area (Å²) >= 11 is 0. The van der Waals surface area contributed by atoms with Gasteiger partial charge < -0.3 is 4.90 Å². The number of nitrogens with zero attached hydrogens (tertiary/aromatic N) is 4. The van der Waals surface area contributed by atoms with Gasteiger partial charge in [-0.25, -0.2) is 0 Å². The molecule has 0 bridgehead atoms. The monoisotopic (exact) mass is 236 g/mol. The molecule has 1 aromatic heterocycles. The Morgan fingerprint density at radius 1 is 1.18 bits per heavy atom. The van der Waals surface area contributed by atoms with Crippen LogP contribution in [0.15, 0.2) is 4.79 Å². The highest BCUT2D eigenvalue weighted by Gasteiger charge is 2.22. The molecule has 1 aliphatic rings. The fourth-order valence-electron chi connectivity index (χ4n) is 2.49. The van der Waals surface area contributed by atoms with E-state index in [2.05, 4.69) is 10.2 Å². The molecule has 0 amide bonds. The van der Waals surface area contributed by atoms with Gasteiger partial charge >= 0.3 is 0 Å². The van der Waals surface area contributed by atoms with Gasteiger partial charge in [0.05, 0.1) is 0 Å². The van der Waals surface area contributed by atoms with Crippen LogP contribution in [0.3, 0.4) is 0 Å². The summed E-state index contributed by atoms with van der Waals surface area (Å²) < 4.78 is 1.59. The lowest BCUT2D eigenvalue weighted by atomic mass is 9.87. The Balaban J connectivity index is 2.36. The van der Waals surface area contributed by atoms with E-state index in [1.165, 1.54) is 19.3 Å². The van der Waals surface area contributed by atoms with Crippen molar-refractivity contribution in [1.82, 2.24) is 14.8 Å². The van der Waals surface area contributed by atoms with Crippen molar-refractivity contribution in [3.63, 3.8) is 0 Å². The molecule has 0 atom stereocenters. The zero-order chi connectivity index (χ0) is 12.4. The van der Waals surface area contributed by atoms with E-state index in [1.54, 1.807) is 16.5 Å². The summed E-state index contributed by atoms with van der Waals surface area (Å²) in [4.78, 5) is 14.0. The van der Waals surface area contributed by atoms with Crippen molar-refractivity contribution < 1.29 is 0 Å². The molecule has 0 N–H and O–H groups in total. The summed E-state index contributed by atoms with van der Waals surface area (Å²) in [5.74, 6) is 0.917. The van der Waals surface area contributed by atoms with Gasteiger partial charge in [0.25, 0.3) is 5.56 Å². The van der Waals surface area contributed by atoms with E-state index in [9.17, 15) is 4.79 Å². The van der Waals surface area contributed by atoms with Gasteiger partial charge in [-0.3, -0.25) is 9.36 Å².